The number of aryl methyl sites for hydroxylation is 1. The maximum atomic E-state index is 12.3. The summed E-state index contributed by atoms with van der Waals surface area (Å²) in [4.78, 5) is 36.7. The first kappa shape index (κ1) is 15.8. The second kappa shape index (κ2) is 6.46. The molecular formula is C15H19N3O4. The van der Waals surface area contributed by atoms with Gasteiger partial charge >= 0.3 is 11.7 Å². The highest BCUT2D eigenvalue weighted by Gasteiger charge is 2.17. The van der Waals surface area contributed by atoms with Gasteiger partial charge in [0.2, 0.25) is 5.91 Å². The number of nitrogens with zero attached hydrogens (tertiary/aromatic N) is 3. The van der Waals surface area contributed by atoms with Crippen molar-refractivity contribution in [3.05, 3.63) is 34.7 Å². The van der Waals surface area contributed by atoms with Gasteiger partial charge in [0.15, 0.2) is 0 Å². The SMILES string of the molecule is CCN(CCC(=O)O)C(=O)Cn1c(=O)n(C)c2ccccc21. The number of carboxylic acids is 1. The summed E-state index contributed by atoms with van der Waals surface area (Å²) >= 11 is 0. The van der Waals surface area contributed by atoms with Gasteiger partial charge in [-0.3, -0.25) is 18.7 Å². The lowest BCUT2D eigenvalue weighted by Gasteiger charge is -2.20. The van der Waals surface area contributed by atoms with E-state index in [2.05, 4.69) is 0 Å². The van der Waals surface area contributed by atoms with Gasteiger partial charge in [-0.2, -0.15) is 0 Å². The zero-order valence-electron chi connectivity index (χ0n) is 12.7. The van der Waals surface area contributed by atoms with Gasteiger partial charge in [-0.05, 0) is 19.1 Å². The van der Waals surface area contributed by atoms with Crippen LogP contribution in [0.1, 0.15) is 13.3 Å². The standard InChI is InChI=1S/C15H19N3O4/c1-3-17(9-8-14(20)21)13(19)10-18-12-7-5-4-6-11(12)16(2)15(18)22/h4-7H,3,8-10H2,1-2H3,(H,20,21). The maximum absolute atomic E-state index is 12.3. The van der Waals surface area contributed by atoms with E-state index < -0.39 is 5.97 Å². The van der Waals surface area contributed by atoms with Crippen LogP contribution in [-0.4, -0.2) is 44.1 Å². The van der Waals surface area contributed by atoms with Crippen molar-refractivity contribution in [2.45, 2.75) is 19.9 Å². The van der Waals surface area contributed by atoms with Crippen LogP contribution in [0, 0.1) is 0 Å². The smallest absolute Gasteiger partial charge is 0.329 e. The van der Waals surface area contributed by atoms with E-state index in [0.29, 0.717) is 12.1 Å². The van der Waals surface area contributed by atoms with E-state index in [1.54, 1.807) is 20.0 Å². The highest BCUT2D eigenvalue weighted by atomic mass is 16.4. The number of carbonyl (C=O) groups is 2. The molecule has 2 rings (SSSR count). The highest BCUT2D eigenvalue weighted by molar-refractivity contribution is 5.81. The predicted octanol–water partition coefficient (Wildman–Crippen LogP) is 0.663. The number of imidazole rings is 1. The molecule has 0 spiro atoms. The summed E-state index contributed by atoms with van der Waals surface area (Å²) in [7, 11) is 1.66. The molecular weight excluding hydrogens is 286 g/mol. The van der Waals surface area contributed by atoms with Crippen LogP contribution in [0.3, 0.4) is 0 Å². The Morgan fingerprint density at radius 3 is 2.45 bits per heavy atom. The summed E-state index contributed by atoms with van der Waals surface area (Å²) in [6, 6.07) is 7.25. The number of hydrogen-bond donors (Lipinski definition) is 1. The Hall–Kier alpha value is -2.57. The van der Waals surface area contributed by atoms with Crippen LogP contribution in [0.4, 0.5) is 0 Å². The average molecular weight is 305 g/mol. The minimum absolute atomic E-state index is 0.0896. The van der Waals surface area contributed by atoms with Gasteiger partial charge in [0, 0.05) is 20.1 Å². The Bertz CT molecular complexity index is 760. The molecule has 118 valence electrons. The van der Waals surface area contributed by atoms with Crippen molar-refractivity contribution in [2.24, 2.45) is 7.05 Å². The van der Waals surface area contributed by atoms with E-state index in [0.717, 1.165) is 5.52 Å². The fourth-order valence-electron chi connectivity index (χ4n) is 2.44. The van der Waals surface area contributed by atoms with E-state index in [1.165, 1.54) is 14.0 Å². The number of carbonyl (C=O) groups excluding carboxylic acids is 1. The Kier molecular flexibility index (Phi) is 4.65. The molecule has 0 aliphatic heterocycles. The molecule has 0 bridgehead atoms. The third-order valence-electron chi connectivity index (χ3n) is 3.68. The molecule has 1 amide bonds. The van der Waals surface area contributed by atoms with Crippen LogP contribution in [0.25, 0.3) is 11.0 Å². The Morgan fingerprint density at radius 1 is 1.23 bits per heavy atom. The Morgan fingerprint density at radius 2 is 1.86 bits per heavy atom. The molecule has 1 heterocycles. The summed E-state index contributed by atoms with van der Waals surface area (Å²) in [5.41, 5.74) is 1.19. The molecule has 7 heteroatoms. The van der Waals surface area contributed by atoms with E-state index in [1.807, 2.05) is 18.2 Å². The fraction of sp³-hybridized carbons (Fsp3) is 0.400. The molecule has 0 fully saturated rings. The molecule has 2 aromatic rings. The van der Waals surface area contributed by atoms with Crippen LogP contribution in [0.2, 0.25) is 0 Å². The van der Waals surface area contributed by atoms with Gasteiger partial charge in [-0.25, -0.2) is 4.79 Å². The zero-order chi connectivity index (χ0) is 16.3. The van der Waals surface area contributed by atoms with Crippen LogP contribution in [0.5, 0.6) is 0 Å². The number of amides is 1. The van der Waals surface area contributed by atoms with Crippen LogP contribution in [-0.2, 0) is 23.2 Å². The number of carboxylic acid groups (broad SMARTS) is 1. The van der Waals surface area contributed by atoms with Gasteiger partial charge in [0.25, 0.3) is 0 Å². The molecule has 1 aromatic heterocycles. The molecule has 22 heavy (non-hydrogen) atoms. The van der Waals surface area contributed by atoms with Crippen molar-refractivity contribution in [2.75, 3.05) is 13.1 Å². The molecule has 0 atom stereocenters. The second-order valence-corrected chi connectivity index (χ2v) is 5.03. The predicted molar refractivity (Wildman–Crippen MR) is 81.7 cm³/mol. The van der Waals surface area contributed by atoms with E-state index in [4.69, 9.17) is 5.11 Å². The van der Waals surface area contributed by atoms with E-state index in [9.17, 15) is 14.4 Å². The minimum Gasteiger partial charge on any atom is -0.481 e. The molecule has 0 saturated carbocycles. The van der Waals surface area contributed by atoms with Crippen LogP contribution < -0.4 is 5.69 Å². The summed E-state index contributed by atoms with van der Waals surface area (Å²) in [5, 5.41) is 8.72. The van der Waals surface area contributed by atoms with Crippen molar-refractivity contribution in [1.82, 2.24) is 14.0 Å². The average Bonchev–Trinajstić information content (AvgIpc) is 2.73. The number of likely N-dealkylation sites (N-methyl/N-ethyl adjacent to an activating group) is 1. The quantitative estimate of drug-likeness (QED) is 0.850. The first-order chi connectivity index (χ1) is 10.5. The Balaban J connectivity index is 2.26. The van der Waals surface area contributed by atoms with Crippen LogP contribution in [0.15, 0.2) is 29.1 Å². The number of fused-ring (bicyclic) bond motifs is 1. The second-order valence-electron chi connectivity index (χ2n) is 5.03. The number of aliphatic carboxylic acids is 1. The third kappa shape index (κ3) is 3.03. The molecule has 0 aliphatic rings. The first-order valence-corrected chi connectivity index (χ1v) is 7.09. The molecule has 0 radical (unpaired) electrons. The molecule has 0 aliphatic carbocycles. The summed E-state index contributed by atoms with van der Waals surface area (Å²) in [6.07, 6.45) is -0.107. The van der Waals surface area contributed by atoms with Crippen LogP contribution >= 0.6 is 0 Å². The fourth-order valence-corrected chi connectivity index (χ4v) is 2.44. The highest BCUT2D eigenvalue weighted by Crippen LogP contribution is 2.11. The Labute approximate surface area is 127 Å². The molecule has 1 N–H and O–H groups in total. The lowest BCUT2D eigenvalue weighted by molar-refractivity contribution is -0.138. The summed E-state index contributed by atoms with van der Waals surface area (Å²) in [6.45, 7) is 2.25. The number of para-hydroxylation sites is 2. The van der Waals surface area contributed by atoms with Crippen molar-refractivity contribution < 1.29 is 14.7 Å². The monoisotopic (exact) mass is 305 g/mol. The number of rotatable bonds is 6. The number of aromatic nitrogens is 2. The largest absolute Gasteiger partial charge is 0.481 e. The molecule has 7 nitrogen and oxygen atoms in total. The van der Waals surface area contributed by atoms with Gasteiger partial charge < -0.3 is 10.0 Å². The third-order valence-corrected chi connectivity index (χ3v) is 3.68. The lowest BCUT2D eigenvalue weighted by Crippen LogP contribution is -2.37. The molecule has 0 saturated heterocycles. The zero-order valence-corrected chi connectivity index (χ0v) is 12.7. The van der Waals surface area contributed by atoms with E-state index >= 15 is 0 Å². The summed E-state index contributed by atoms with van der Waals surface area (Å²) < 4.78 is 2.91. The number of hydrogen-bond acceptors (Lipinski definition) is 3. The van der Waals surface area contributed by atoms with Crippen molar-refractivity contribution >= 4 is 22.9 Å². The van der Waals surface area contributed by atoms with Crippen molar-refractivity contribution in [3.8, 4) is 0 Å². The summed E-state index contributed by atoms with van der Waals surface area (Å²) in [5.74, 6) is -1.21. The normalized spacial score (nSPS) is 10.8. The van der Waals surface area contributed by atoms with Gasteiger partial charge in [0.05, 0.1) is 17.5 Å². The lowest BCUT2D eigenvalue weighted by atomic mass is 10.3. The molecule has 1 aromatic carbocycles. The first-order valence-electron chi connectivity index (χ1n) is 7.09. The minimum atomic E-state index is -0.950. The van der Waals surface area contributed by atoms with Gasteiger partial charge in [0.1, 0.15) is 6.54 Å². The van der Waals surface area contributed by atoms with Gasteiger partial charge in [-0.1, -0.05) is 12.1 Å². The molecule has 0 unspecified atom stereocenters. The maximum Gasteiger partial charge on any atom is 0.329 e. The number of benzene rings is 1. The van der Waals surface area contributed by atoms with Gasteiger partial charge in [-0.15, -0.1) is 0 Å². The van der Waals surface area contributed by atoms with Crippen molar-refractivity contribution in [1.29, 1.82) is 0 Å². The topological polar surface area (TPSA) is 84.5 Å². The van der Waals surface area contributed by atoms with E-state index in [-0.39, 0.29) is 31.1 Å². The van der Waals surface area contributed by atoms with Crippen molar-refractivity contribution in [3.63, 3.8) is 0 Å².